The van der Waals surface area contributed by atoms with Crippen LogP contribution in [0.15, 0.2) is 103 Å². The average molecular weight is 355 g/mol. The molecule has 0 aromatic heterocycles. The lowest BCUT2D eigenvalue weighted by molar-refractivity contribution is 1.48. The summed E-state index contributed by atoms with van der Waals surface area (Å²) in [5, 5.41) is 14.1. The Bertz CT molecular complexity index is 1360. The van der Waals surface area contributed by atoms with Crippen LogP contribution in [0.5, 0.6) is 0 Å². The molecule has 0 radical (unpaired) electrons. The molecule has 1 heteroatoms. The molecule has 0 saturated carbocycles. The van der Waals surface area contributed by atoms with Gasteiger partial charge in [0.05, 0.1) is 11.6 Å². The zero-order valence-electron chi connectivity index (χ0n) is 15.3. The van der Waals surface area contributed by atoms with Crippen molar-refractivity contribution in [1.82, 2.24) is 0 Å². The summed E-state index contributed by atoms with van der Waals surface area (Å²) >= 11 is 0. The van der Waals surface area contributed by atoms with Crippen LogP contribution >= 0.6 is 0 Å². The van der Waals surface area contributed by atoms with E-state index in [2.05, 4.69) is 84.9 Å². The van der Waals surface area contributed by atoms with Gasteiger partial charge in [-0.15, -0.1) is 0 Å². The number of benzene rings is 5. The fraction of sp³-hybridized carbons (Fsp3) is 0. The van der Waals surface area contributed by atoms with Gasteiger partial charge in [-0.05, 0) is 62.0 Å². The summed E-state index contributed by atoms with van der Waals surface area (Å²) in [6, 6.07) is 38.0. The summed E-state index contributed by atoms with van der Waals surface area (Å²) in [5.74, 6) is 0. The maximum Gasteiger partial charge on any atom is 0.0991 e. The first-order chi connectivity index (χ1) is 13.8. The van der Waals surface area contributed by atoms with Gasteiger partial charge in [-0.3, -0.25) is 0 Å². The minimum Gasteiger partial charge on any atom is -0.192 e. The lowest BCUT2D eigenvalue weighted by Gasteiger charge is -2.15. The van der Waals surface area contributed by atoms with Gasteiger partial charge in [0.25, 0.3) is 0 Å². The standard InChI is InChI=1S/C27H17N/c28-18-19-9-11-22(12-10-19)27-25-8-4-3-6-21(25)15-16-26(27)24-14-13-20-5-1-2-7-23(20)17-24/h1-17H. The fourth-order valence-electron chi connectivity index (χ4n) is 3.89. The van der Waals surface area contributed by atoms with Gasteiger partial charge in [-0.25, -0.2) is 0 Å². The van der Waals surface area contributed by atoms with Crippen molar-refractivity contribution in [3.63, 3.8) is 0 Å². The Labute approximate surface area is 164 Å². The van der Waals surface area contributed by atoms with Crippen molar-refractivity contribution >= 4 is 21.5 Å². The maximum atomic E-state index is 9.15. The zero-order valence-corrected chi connectivity index (χ0v) is 15.3. The first-order valence-corrected chi connectivity index (χ1v) is 9.35. The first-order valence-electron chi connectivity index (χ1n) is 9.35. The monoisotopic (exact) mass is 355 g/mol. The third-order valence-electron chi connectivity index (χ3n) is 5.29. The Morgan fingerprint density at radius 2 is 1.18 bits per heavy atom. The Balaban J connectivity index is 1.81. The van der Waals surface area contributed by atoms with Gasteiger partial charge >= 0.3 is 0 Å². The molecule has 0 N–H and O–H groups in total. The van der Waals surface area contributed by atoms with Crippen LogP contribution < -0.4 is 0 Å². The molecule has 0 unspecified atom stereocenters. The molecular weight excluding hydrogens is 338 g/mol. The molecule has 28 heavy (non-hydrogen) atoms. The molecule has 0 bridgehead atoms. The third-order valence-corrected chi connectivity index (χ3v) is 5.29. The number of hydrogen-bond donors (Lipinski definition) is 0. The van der Waals surface area contributed by atoms with Gasteiger partial charge in [0, 0.05) is 0 Å². The molecule has 0 aliphatic carbocycles. The normalized spacial score (nSPS) is 10.8. The van der Waals surface area contributed by atoms with E-state index in [9.17, 15) is 0 Å². The molecule has 0 heterocycles. The predicted molar refractivity (Wildman–Crippen MR) is 117 cm³/mol. The molecule has 0 amide bonds. The summed E-state index contributed by atoms with van der Waals surface area (Å²) in [4.78, 5) is 0. The largest absolute Gasteiger partial charge is 0.192 e. The number of nitriles is 1. The Kier molecular flexibility index (Phi) is 3.89. The number of rotatable bonds is 2. The average Bonchev–Trinajstić information content (AvgIpc) is 2.78. The number of fused-ring (bicyclic) bond motifs is 2. The molecule has 130 valence electrons. The smallest absolute Gasteiger partial charge is 0.0991 e. The molecule has 5 aromatic carbocycles. The summed E-state index contributed by atoms with van der Waals surface area (Å²) < 4.78 is 0. The number of hydrogen-bond acceptors (Lipinski definition) is 1. The minimum atomic E-state index is 0.677. The highest BCUT2D eigenvalue weighted by atomic mass is 14.2. The van der Waals surface area contributed by atoms with E-state index in [-0.39, 0.29) is 0 Å². The van der Waals surface area contributed by atoms with E-state index >= 15 is 0 Å². The predicted octanol–water partition coefficient (Wildman–Crippen LogP) is 7.20. The van der Waals surface area contributed by atoms with E-state index in [0.717, 1.165) is 5.56 Å². The van der Waals surface area contributed by atoms with E-state index in [4.69, 9.17) is 5.26 Å². The molecule has 1 nitrogen and oxygen atoms in total. The highest BCUT2D eigenvalue weighted by Crippen LogP contribution is 2.39. The maximum absolute atomic E-state index is 9.15. The lowest BCUT2D eigenvalue weighted by Crippen LogP contribution is -1.89. The van der Waals surface area contributed by atoms with Gasteiger partial charge in [0.2, 0.25) is 0 Å². The van der Waals surface area contributed by atoms with E-state index in [1.807, 2.05) is 24.3 Å². The quantitative estimate of drug-likeness (QED) is 0.328. The second-order valence-electron chi connectivity index (χ2n) is 6.96. The van der Waals surface area contributed by atoms with Crippen molar-refractivity contribution in [3.8, 4) is 28.3 Å². The van der Waals surface area contributed by atoms with Gasteiger partial charge < -0.3 is 0 Å². The SMILES string of the molecule is N#Cc1ccc(-c2c(-c3ccc4ccccc4c3)ccc3ccccc23)cc1. The Morgan fingerprint density at radius 1 is 0.536 bits per heavy atom. The van der Waals surface area contributed by atoms with Crippen molar-refractivity contribution in [1.29, 1.82) is 5.26 Å². The van der Waals surface area contributed by atoms with Crippen molar-refractivity contribution in [3.05, 3.63) is 109 Å². The molecular formula is C27H17N. The second-order valence-corrected chi connectivity index (χ2v) is 6.96. The van der Waals surface area contributed by atoms with Gasteiger partial charge in [-0.1, -0.05) is 84.9 Å². The van der Waals surface area contributed by atoms with Crippen LogP contribution in [0, 0.1) is 11.3 Å². The van der Waals surface area contributed by atoms with Gasteiger partial charge in [-0.2, -0.15) is 5.26 Å². The molecule has 0 spiro atoms. The Morgan fingerprint density at radius 3 is 1.96 bits per heavy atom. The highest BCUT2D eigenvalue weighted by molar-refractivity contribution is 6.05. The van der Waals surface area contributed by atoms with Crippen molar-refractivity contribution in [2.75, 3.05) is 0 Å². The van der Waals surface area contributed by atoms with E-state index in [1.165, 1.54) is 38.2 Å². The van der Waals surface area contributed by atoms with Crippen LogP contribution in [0.25, 0.3) is 43.8 Å². The van der Waals surface area contributed by atoms with Crippen LogP contribution in [0.1, 0.15) is 5.56 Å². The Hall–Kier alpha value is -3.89. The third kappa shape index (κ3) is 2.73. The summed E-state index contributed by atoms with van der Waals surface area (Å²) in [7, 11) is 0. The topological polar surface area (TPSA) is 23.8 Å². The van der Waals surface area contributed by atoms with Crippen molar-refractivity contribution in [2.24, 2.45) is 0 Å². The molecule has 0 aliphatic heterocycles. The van der Waals surface area contributed by atoms with Crippen LogP contribution in [-0.2, 0) is 0 Å². The van der Waals surface area contributed by atoms with E-state index in [0.29, 0.717) is 5.56 Å². The lowest BCUT2D eigenvalue weighted by atomic mass is 9.89. The van der Waals surface area contributed by atoms with Gasteiger partial charge in [0.15, 0.2) is 0 Å². The van der Waals surface area contributed by atoms with E-state index in [1.54, 1.807) is 0 Å². The summed E-state index contributed by atoms with van der Waals surface area (Å²) in [6.07, 6.45) is 0. The van der Waals surface area contributed by atoms with Crippen molar-refractivity contribution in [2.45, 2.75) is 0 Å². The molecule has 5 aromatic rings. The highest BCUT2D eigenvalue weighted by Gasteiger charge is 2.12. The summed E-state index contributed by atoms with van der Waals surface area (Å²) in [5.41, 5.74) is 5.41. The van der Waals surface area contributed by atoms with Crippen LogP contribution in [0.2, 0.25) is 0 Å². The first kappa shape index (κ1) is 16.3. The zero-order chi connectivity index (χ0) is 18.9. The molecule has 0 fully saturated rings. The molecule has 0 aliphatic rings. The minimum absolute atomic E-state index is 0.677. The van der Waals surface area contributed by atoms with Crippen molar-refractivity contribution < 1.29 is 0 Å². The van der Waals surface area contributed by atoms with Crippen LogP contribution in [0.3, 0.4) is 0 Å². The molecule has 0 atom stereocenters. The second kappa shape index (κ2) is 6.68. The molecule has 5 rings (SSSR count). The number of nitrogens with zero attached hydrogens (tertiary/aromatic N) is 1. The summed E-state index contributed by atoms with van der Waals surface area (Å²) in [6.45, 7) is 0. The van der Waals surface area contributed by atoms with Crippen LogP contribution in [0.4, 0.5) is 0 Å². The van der Waals surface area contributed by atoms with Crippen LogP contribution in [-0.4, -0.2) is 0 Å². The fourth-order valence-corrected chi connectivity index (χ4v) is 3.89. The van der Waals surface area contributed by atoms with E-state index < -0.39 is 0 Å². The van der Waals surface area contributed by atoms with Gasteiger partial charge in [0.1, 0.15) is 0 Å². The molecule has 0 saturated heterocycles.